The van der Waals surface area contributed by atoms with E-state index in [4.69, 9.17) is 22.1 Å². The van der Waals surface area contributed by atoms with E-state index in [0.717, 1.165) is 17.0 Å². The van der Waals surface area contributed by atoms with Crippen molar-refractivity contribution in [3.05, 3.63) is 29.6 Å². The van der Waals surface area contributed by atoms with Gasteiger partial charge >= 0.3 is 6.03 Å². The molecule has 1 spiro atoms. The molecule has 9 heteroatoms. The van der Waals surface area contributed by atoms with Crippen LogP contribution < -0.4 is 15.8 Å². The molecule has 1 fully saturated rings. The van der Waals surface area contributed by atoms with E-state index < -0.39 is 35.3 Å². The largest absolute Gasteiger partial charge is 0.480 e. The summed E-state index contributed by atoms with van der Waals surface area (Å²) in [5.41, 5.74) is 3.91. The number of ether oxygens (including phenoxy) is 1. The van der Waals surface area contributed by atoms with Crippen LogP contribution in [-0.2, 0) is 15.1 Å². The molecule has 0 radical (unpaired) electrons. The molecule has 3 N–H and O–H groups in total. The van der Waals surface area contributed by atoms with Crippen LogP contribution in [0.4, 0.5) is 9.18 Å². The van der Waals surface area contributed by atoms with Crippen LogP contribution in [0.3, 0.4) is 0 Å². The van der Waals surface area contributed by atoms with Gasteiger partial charge in [0.15, 0.2) is 11.6 Å². The molecule has 0 bridgehead atoms. The smallest absolute Gasteiger partial charge is 0.325 e. The van der Waals surface area contributed by atoms with Gasteiger partial charge in [0.1, 0.15) is 11.6 Å². The lowest BCUT2D eigenvalue weighted by molar-refractivity contribution is -0.135. The third-order valence-electron chi connectivity index (χ3n) is 4.17. The topological polar surface area (TPSA) is 102 Å². The fraction of sp³-hybridized carbons (Fsp3) is 0.400. The van der Waals surface area contributed by atoms with Crippen LogP contribution in [0, 0.1) is 5.82 Å². The fourth-order valence-electron chi connectivity index (χ4n) is 3.05. The summed E-state index contributed by atoms with van der Waals surface area (Å²) in [5, 5.41) is 2.59. The number of hydrogen-bond acceptors (Lipinski definition) is 4. The monoisotopic (exact) mass is 355 g/mol. The molecule has 0 aromatic heterocycles. The number of rotatable bonds is 4. The first kappa shape index (κ1) is 16.5. The van der Waals surface area contributed by atoms with Gasteiger partial charge in [-0.15, -0.1) is 11.6 Å². The molecule has 24 heavy (non-hydrogen) atoms. The van der Waals surface area contributed by atoms with Crippen LogP contribution in [0.25, 0.3) is 0 Å². The van der Waals surface area contributed by atoms with Crippen molar-refractivity contribution in [2.45, 2.75) is 24.5 Å². The second kappa shape index (κ2) is 5.94. The molecule has 3 rings (SSSR count). The maximum absolute atomic E-state index is 13.7. The van der Waals surface area contributed by atoms with Gasteiger partial charge in [0, 0.05) is 24.4 Å². The molecular formula is C15H15ClFN3O4. The predicted molar refractivity (Wildman–Crippen MR) is 81.9 cm³/mol. The van der Waals surface area contributed by atoms with Crippen molar-refractivity contribution in [1.82, 2.24) is 10.2 Å². The van der Waals surface area contributed by atoms with Crippen molar-refractivity contribution < 1.29 is 23.5 Å². The maximum atomic E-state index is 13.7. The SMILES string of the molecule is NC(=O)C1CC2(NC(=O)N(CCCCl)C2=O)c2cc(F)ccc2O1. The van der Waals surface area contributed by atoms with Crippen LogP contribution in [0.5, 0.6) is 5.75 Å². The number of fused-ring (bicyclic) bond motifs is 2. The molecule has 2 heterocycles. The molecule has 2 unspecified atom stereocenters. The van der Waals surface area contributed by atoms with Gasteiger partial charge in [0.05, 0.1) is 0 Å². The Morgan fingerprint density at radius 2 is 2.25 bits per heavy atom. The Morgan fingerprint density at radius 3 is 2.92 bits per heavy atom. The van der Waals surface area contributed by atoms with Crippen molar-refractivity contribution in [1.29, 1.82) is 0 Å². The minimum Gasteiger partial charge on any atom is -0.480 e. The zero-order chi connectivity index (χ0) is 17.5. The fourth-order valence-corrected chi connectivity index (χ4v) is 3.17. The zero-order valence-corrected chi connectivity index (χ0v) is 13.3. The number of alkyl halides is 1. The molecule has 0 saturated carbocycles. The number of nitrogens with two attached hydrogens (primary N) is 1. The summed E-state index contributed by atoms with van der Waals surface area (Å²) in [5.74, 6) is -1.51. The van der Waals surface area contributed by atoms with E-state index in [1.54, 1.807) is 0 Å². The zero-order valence-electron chi connectivity index (χ0n) is 12.6. The molecule has 2 atom stereocenters. The van der Waals surface area contributed by atoms with Crippen LogP contribution >= 0.6 is 11.6 Å². The van der Waals surface area contributed by atoms with Crippen molar-refractivity contribution in [2.24, 2.45) is 5.73 Å². The Kier molecular flexibility index (Phi) is 4.08. The summed E-state index contributed by atoms with van der Waals surface area (Å²) in [6, 6.07) is 2.95. The third-order valence-corrected chi connectivity index (χ3v) is 4.44. The highest BCUT2D eigenvalue weighted by molar-refractivity contribution is 6.17. The average Bonchev–Trinajstić information content (AvgIpc) is 2.77. The standard InChI is InChI=1S/C15H15ClFN3O4/c16-4-1-5-20-13(22)15(19-14(20)23)7-11(12(18)21)24-10-3-2-8(17)6-9(10)15/h2-3,6,11H,1,4-5,7H2,(H2,18,21)(H,19,23). The Morgan fingerprint density at radius 1 is 1.50 bits per heavy atom. The van der Waals surface area contributed by atoms with Gasteiger partial charge in [0.2, 0.25) is 0 Å². The number of carbonyl (C=O) groups excluding carboxylic acids is 3. The van der Waals surface area contributed by atoms with Crippen molar-refractivity contribution in [2.75, 3.05) is 12.4 Å². The number of urea groups is 1. The molecule has 7 nitrogen and oxygen atoms in total. The lowest BCUT2D eigenvalue weighted by Gasteiger charge is -2.36. The molecular weight excluding hydrogens is 341 g/mol. The van der Waals surface area contributed by atoms with E-state index in [2.05, 4.69) is 5.32 Å². The molecule has 1 aromatic rings. The minimum absolute atomic E-state index is 0.128. The average molecular weight is 356 g/mol. The van der Waals surface area contributed by atoms with E-state index >= 15 is 0 Å². The van der Waals surface area contributed by atoms with Gasteiger partial charge in [-0.25, -0.2) is 9.18 Å². The molecule has 128 valence electrons. The van der Waals surface area contributed by atoms with Gasteiger partial charge in [-0.3, -0.25) is 14.5 Å². The van der Waals surface area contributed by atoms with Crippen LogP contribution in [0.2, 0.25) is 0 Å². The number of imide groups is 1. The Hall–Kier alpha value is -2.35. The normalized spacial score (nSPS) is 25.4. The molecule has 2 aliphatic heterocycles. The number of hydrogen-bond donors (Lipinski definition) is 2. The summed E-state index contributed by atoms with van der Waals surface area (Å²) < 4.78 is 19.2. The number of halogens is 2. The van der Waals surface area contributed by atoms with Crippen LogP contribution in [-0.4, -0.2) is 41.3 Å². The number of amides is 4. The molecule has 4 amide bonds. The molecule has 2 aliphatic rings. The summed E-state index contributed by atoms with van der Waals surface area (Å²) in [6.07, 6.45) is -0.885. The highest BCUT2D eigenvalue weighted by atomic mass is 35.5. The number of nitrogens with zero attached hydrogens (tertiary/aromatic N) is 1. The molecule has 0 aliphatic carbocycles. The van der Waals surface area contributed by atoms with Crippen LogP contribution in [0.1, 0.15) is 18.4 Å². The first-order valence-electron chi connectivity index (χ1n) is 7.35. The minimum atomic E-state index is -1.57. The number of benzene rings is 1. The predicted octanol–water partition coefficient (Wildman–Crippen LogP) is 0.838. The highest BCUT2D eigenvalue weighted by Crippen LogP contribution is 2.43. The van der Waals surface area contributed by atoms with E-state index in [1.165, 1.54) is 6.07 Å². The summed E-state index contributed by atoms with van der Waals surface area (Å²) in [7, 11) is 0. The third kappa shape index (κ3) is 2.47. The lowest BCUT2D eigenvalue weighted by Crippen LogP contribution is -2.53. The quantitative estimate of drug-likeness (QED) is 0.617. The summed E-state index contributed by atoms with van der Waals surface area (Å²) in [4.78, 5) is 37.7. The number of carbonyl (C=O) groups is 3. The van der Waals surface area contributed by atoms with Gasteiger partial charge < -0.3 is 15.8 Å². The highest BCUT2D eigenvalue weighted by Gasteiger charge is 2.57. The molecule has 1 saturated heterocycles. The lowest BCUT2D eigenvalue weighted by atomic mass is 9.81. The maximum Gasteiger partial charge on any atom is 0.325 e. The van der Waals surface area contributed by atoms with Gasteiger partial charge in [-0.05, 0) is 24.6 Å². The van der Waals surface area contributed by atoms with Crippen molar-refractivity contribution >= 4 is 29.4 Å². The van der Waals surface area contributed by atoms with E-state index in [-0.39, 0.29) is 30.2 Å². The van der Waals surface area contributed by atoms with Crippen molar-refractivity contribution in [3.8, 4) is 5.75 Å². The Balaban J connectivity index is 2.08. The Bertz CT molecular complexity index is 729. The van der Waals surface area contributed by atoms with E-state index in [9.17, 15) is 18.8 Å². The van der Waals surface area contributed by atoms with Gasteiger partial charge in [-0.2, -0.15) is 0 Å². The van der Waals surface area contributed by atoms with Crippen molar-refractivity contribution in [3.63, 3.8) is 0 Å². The van der Waals surface area contributed by atoms with Crippen LogP contribution in [0.15, 0.2) is 18.2 Å². The van der Waals surface area contributed by atoms with E-state index in [0.29, 0.717) is 6.42 Å². The summed E-state index contributed by atoms with van der Waals surface area (Å²) >= 11 is 5.62. The van der Waals surface area contributed by atoms with Gasteiger partial charge in [0.25, 0.3) is 11.8 Å². The van der Waals surface area contributed by atoms with E-state index in [1.807, 2.05) is 0 Å². The Labute approximate surface area is 141 Å². The second-order valence-corrected chi connectivity index (χ2v) is 6.07. The number of primary amides is 1. The number of nitrogens with one attached hydrogen (secondary N) is 1. The second-order valence-electron chi connectivity index (χ2n) is 5.69. The first-order chi connectivity index (χ1) is 11.4. The first-order valence-corrected chi connectivity index (χ1v) is 7.88. The molecule has 1 aromatic carbocycles. The van der Waals surface area contributed by atoms with Gasteiger partial charge in [-0.1, -0.05) is 0 Å². The summed E-state index contributed by atoms with van der Waals surface area (Å²) in [6.45, 7) is 0.128.